The van der Waals surface area contributed by atoms with Gasteiger partial charge in [0.1, 0.15) is 5.82 Å². The number of benzene rings is 2. The molecule has 0 atom stereocenters. The van der Waals surface area contributed by atoms with E-state index in [1.807, 2.05) is 0 Å². The first-order valence-corrected chi connectivity index (χ1v) is 5.77. The molecule has 0 saturated carbocycles. The summed E-state index contributed by atoms with van der Waals surface area (Å²) in [6.45, 7) is 0. The molecule has 20 heavy (non-hydrogen) atoms. The Labute approximate surface area is 117 Å². The van der Waals surface area contributed by atoms with E-state index in [2.05, 4.69) is 0 Å². The lowest BCUT2D eigenvalue weighted by Gasteiger charge is -2.05. The van der Waals surface area contributed by atoms with Crippen molar-refractivity contribution < 1.29 is 18.8 Å². The van der Waals surface area contributed by atoms with Gasteiger partial charge >= 0.3 is 11.7 Å². The second-order valence-electron chi connectivity index (χ2n) is 3.77. The summed E-state index contributed by atoms with van der Waals surface area (Å²) < 4.78 is 17.9. The van der Waals surface area contributed by atoms with E-state index in [1.165, 1.54) is 24.3 Å². The normalized spacial score (nSPS) is 10.1. The number of hydrogen-bond donors (Lipinski definition) is 0. The van der Waals surface area contributed by atoms with Crippen LogP contribution in [0.4, 0.5) is 10.1 Å². The summed E-state index contributed by atoms with van der Waals surface area (Å²) in [5, 5.41) is 11.2. The number of ether oxygens (including phenoxy) is 1. The van der Waals surface area contributed by atoms with Crippen LogP contribution in [0.5, 0.6) is 5.75 Å². The molecule has 5 nitrogen and oxygen atoms in total. The maximum Gasteiger partial charge on any atom is 0.343 e. The van der Waals surface area contributed by atoms with Crippen molar-refractivity contribution in [2.24, 2.45) is 0 Å². The van der Waals surface area contributed by atoms with Gasteiger partial charge in [-0.2, -0.15) is 0 Å². The van der Waals surface area contributed by atoms with Gasteiger partial charge in [-0.1, -0.05) is 11.6 Å². The molecule has 0 aliphatic carbocycles. The van der Waals surface area contributed by atoms with Gasteiger partial charge in [-0.25, -0.2) is 9.18 Å². The molecule has 0 aromatic heterocycles. The van der Waals surface area contributed by atoms with E-state index >= 15 is 0 Å². The average Bonchev–Trinajstić information content (AvgIpc) is 2.41. The number of nitrogens with zero attached hydrogens (tertiary/aromatic N) is 1. The van der Waals surface area contributed by atoms with Gasteiger partial charge in [-0.05, 0) is 36.4 Å². The van der Waals surface area contributed by atoms with Crippen molar-refractivity contribution in [3.63, 3.8) is 0 Å². The minimum atomic E-state index is -0.826. The summed E-state index contributed by atoms with van der Waals surface area (Å²) >= 11 is 5.68. The molecule has 0 aliphatic rings. The minimum Gasteiger partial charge on any atom is -0.416 e. The maximum atomic E-state index is 13.0. The van der Waals surface area contributed by atoms with Gasteiger partial charge in [0.2, 0.25) is 5.75 Å². The Kier molecular flexibility index (Phi) is 3.95. The quantitative estimate of drug-likeness (QED) is 0.375. The smallest absolute Gasteiger partial charge is 0.343 e. The predicted octanol–water partition coefficient (Wildman–Crippen LogP) is 3.61. The zero-order chi connectivity index (χ0) is 14.7. The third-order valence-electron chi connectivity index (χ3n) is 2.40. The highest BCUT2D eigenvalue weighted by Crippen LogP contribution is 2.28. The number of esters is 1. The van der Waals surface area contributed by atoms with Gasteiger partial charge in [0.15, 0.2) is 0 Å². The molecule has 0 aliphatic heterocycles. The first-order valence-electron chi connectivity index (χ1n) is 5.39. The number of hydrogen-bond acceptors (Lipinski definition) is 4. The number of nitro benzene ring substituents is 1. The lowest BCUT2D eigenvalue weighted by Crippen LogP contribution is -2.09. The fourth-order valence-electron chi connectivity index (χ4n) is 1.46. The summed E-state index contributed by atoms with van der Waals surface area (Å²) in [6, 6.07) is 8.48. The van der Waals surface area contributed by atoms with Crippen LogP contribution in [-0.2, 0) is 0 Å². The van der Waals surface area contributed by atoms with Crippen molar-refractivity contribution in [1.29, 1.82) is 0 Å². The third-order valence-corrected chi connectivity index (χ3v) is 2.65. The molecular weight excluding hydrogens is 289 g/mol. The Hall–Kier alpha value is -2.47. The van der Waals surface area contributed by atoms with E-state index in [-0.39, 0.29) is 11.3 Å². The Morgan fingerprint density at radius 1 is 1.20 bits per heavy atom. The summed E-state index contributed by atoms with van der Waals surface area (Å²) in [4.78, 5) is 21.7. The van der Waals surface area contributed by atoms with E-state index in [4.69, 9.17) is 16.3 Å². The second kappa shape index (κ2) is 5.66. The Morgan fingerprint density at radius 2 is 1.85 bits per heavy atom. The lowest BCUT2D eigenvalue weighted by atomic mass is 10.2. The summed E-state index contributed by atoms with van der Waals surface area (Å²) in [5.74, 6) is -1.91. The van der Waals surface area contributed by atoms with E-state index in [9.17, 15) is 19.3 Å². The van der Waals surface area contributed by atoms with E-state index in [0.29, 0.717) is 11.1 Å². The largest absolute Gasteiger partial charge is 0.416 e. The van der Waals surface area contributed by atoms with Gasteiger partial charge in [-0.15, -0.1) is 0 Å². The number of halogens is 2. The van der Waals surface area contributed by atoms with Crippen LogP contribution in [0.3, 0.4) is 0 Å². The maximum absolute atomic E-state index is 13.0. The molecule has 0 spiro atoms. The average molecular weight is 296 g/mol. The minimum absolute atomic E-state index is 0.174. The summed E-state index contributed by atoms with van der Waals surface area (Å²) in [6.07, 6.45) is 0. The summed E-state index contributed by atoms with van der Waals surface area (Å²) in [7, 11) is 0. The van der Waals surface area contributed by atoms with Crippen LogP contribution in [-0.4, -0.2) is 10.9 Å². The van der Waals surface area contributed by atoms with Crippen LogP contribution in [0, 0.1) is 15.9 Å². The van der Waals surface area contributed by atoms with Gasteiger partial charge in [0.05, 0.1) is 16.6 Å². The van der Waals surface area contributed by atoms with Crippen molar-refractivity contribution in [2.75, 3.05) is 0 Å². The molecule has 102 valence electrons. The molecule has 7 heteroatoms. The SMILES string of the molecule is O=C(Oc1ccc(F)cc1[N+](=O)[O-])c1ccc(Cl)cc1. The van der Waals surface area contributed by atoms with E-state index in [0.717, 1.165) is 12.1 Å². The van der Waals surface area contributed by atoms with Gasteiger partial charge in [-0.3, -0.25) is 10.1 Å². The van der Waals surface area contributed by atoms with Crippen molar-refractivity contribution >= 4 is 23.3 Å². The molecule has 0 unspecified atom stereocenters. The number of nitro groups is 1. The number of carbonyl (C=O) groups is 1. The molecule has 2 aromatic rings. The van der Waals surface area contributed by atoms with Crippen molar-refractivity contribution in [3.8, 4) is 5.75 Å². The van der Waals surface area contributed by atoms with Gasteiger partial charge in [0.25, 0.3) is 0 Å². The van der Waals surface area contributed by atoms with Crippen molar-refractivity contribution in [2.45, 2.75) is 0 Å². The monoisotopic (exact) mass is 295 g/mol. The van der Waals surface area contributed by atoms with E-state index in [1.54, 1.807) is 0 Å². The van der Waals surface area contributed by atoms with Gasteiger partial charge < -0.3 is 4.74 Å². The van der Waals surface area contributed by atoms with Gasteiger partial charge in [0, 0.05) is 5.02 Å². The zero-order valence-corrected chi connectivity index (χ0v) is 10.6. The fourth-order valence-corrected chi connectivity index (χ4v) is 1.59. The topological polar surface area (TPSA) is 69.4 Å². The molecular formula is C13H7ClFNO4. The van der Waals surface area contributed by atoms with Crippen LogP contribution in [0.1, 0.15) is 10.4 Å². The molecule has 2 rings (SSSR count). The van der Waals surface area contributed by atoms with E-state index < -0.39 is 22.4 Å². The number of carbonyl (C=O) groups excluding carboxylic acids is 1. The van der Waals surface area contributed by atoms with Crippen LogP contribution in [0.2, 0.25) is 5.02 Å². The first kappa shape index (κ1) is 14.0. The number of rotatable bonds is 3. The first-order chi connectivity index (χ1) is 9.47. The van der Waals surface area contributed by atoms with Crippen LogP contribution >= 0.6 is 11.6 Å². The van der Waals surface area contributed by atoms with Crippen molar-refractivity contribution in [3.05, 3.63) is 69.0 Å². The zero-order valence-electron chi connectivity index (χ0n) is 9.88. The van der Waals surface area contributed by atoms with Crippen molar-refractivity contribution in [1.82, 2.24) is 0 Å². The Morgan fingerprint density at radius 3 is 2.45 bits per heavy atom. The molecule has 0 fully saturated rings. The summed E-state index contributed by atoms with van der Waals surface area (Å²) in [5.41, 5.74) is -0.444. The molecule has 2 aromatic carbocycles. The molecule has 0 saturated heterocycles. The highest BCUT2D eigenvalue weighted by atomic mass is 35.5. The van der Waals surface area contributed by atoms with Crippen LogP contribution in [0.15, 0.2) is 42.5 Å². The predicted molar refractivity (Wildman–Crippen MR) is 69.5 cm³/mol. The Balaban J connectivity index is 2.28. The lowest BCUT2D eigenvalue weighted by molar-refractivity contribution is -0.385. The third kappa shape index (κ3) is 3.10. The molecule has 0 radical (unpaired) electrons. The van der Waals surface area contributed by atoms with Crippen LogP contribution < -0.4 is 4.74 Å². The Bertz CT molecular complexity index is 673. The molecule has 0 amide bonds. The highest BCUT2D eigenvalue weighted by Gasteiger charge is 2.19. The second-order valence-corrected chi connectivity index (χ2v) is 4.20. The standard InChI is InChI=1S/C13H7ClFNO4/c14-9-3-1-8(2-4-9)13(17)20-12-6-5-10(15)7-11(12)16(18)19/h1-7H. The fraction of sp³-hybridized carbons (Fsp3) is 0. The highest BCUT2D eigenvalue weighted by molar-refractivity contribution is 6.30. The van der Waals surface area contributed by atoms with Crippen LogP contribution in [0.25, 0.3) is 0 Å². The molecule has 0 bridgehead atoms. The molecule has 0 heterocycles. The molecule has 0 N–H and O–H groups in total.